The maximum absolute atomic E-state index is 15.4. The molecule has 0 aliphatic carbocycles. The van der Waals surface area contributed by atoms with Gasteiger partial charge in [0, 0.05) is 55.2 Å². The van der Waals surface area contributed by atoms with Crippen LogP contribution in [0.2, 0.25) is 0 Å². The van der Waals surface area contributed by atoms with E-state index in [2.05, 4.69) is 32.4 Å². The second-order valence-corrected chi connectivity index (χ2v) is 9.39. The van der Waals surface area contributed by atoms with Gasteiger partial charge in [-0.1, -0.05) is 6.58 Å². The van der Waals surface area contributed by atoms with Crippen molar-refractivity contribution < 1.29 is 18.7 Å². The van der Waals surface area contributed by atoms with Gasteiger partial charge in [0.2, 0.25) is 5.91 Å². The second-order valence-electron chi connectivity index (χ2n) is 9.39. The number of aromatic nitrogens is 1. The molecule has 3 aliphatic heterocycles. The predicted octanol–water partition coefficient (Wildman–Crippen LogP) is 3.02. The Morgan fingerprint density at radius 3 is 2.69 bits per heavy atom. The number of likely N-dealkylation sites (tertiary alicyclic amines) is 1. The fourth-order valence-corrected chi connectivity index (χ4v) is 5.02. The van der Waals surface area contributed by atoms with Crippen LogP contribution in [0.5, 0.6) is 0 Å². The monoisotopic (exact) mass is 494 g/mol. The van der Waals surface area contributed by atoms with E-state index in [1.54, 1.807) is 4.90 Å². The van der Waals surface area contributed by atoms with Crippen molar-refractivity contribution in [2.75, 3.05) is 48.4 Å². The van der Waals surface area contributed by atoms with Gasteiger partial charge < -0.3 is 30.5 Å². The highest BCUT2D eigenvalue weighted by Crippen LogP contribution is 2.33. The highest BCUT2D eigenvalue weighted by Gasteiger charge is 2.32. The number of morpholine rings is 1. The van der Waals surface area contributed by atoms with E-state index in [-0.39, 0.29) is 47.4 Å². The van der Waals surface area contributed by atoms with Crippen molar-refractivity contribution in [3.8, 4) is 0 Å². The number of ether oxygens (including phenoxy) is 1. The van der Waals surface area contributed by atoms with E-state index in [0.29, 0.717) is 25.6 Å². The quantitative estimate of drug-likeness (QED) is 0.531. The molecule has 0 radical (unpaired) electrons. The Hall–Kier alpha value is -3.66. The van der Waals surface area contributed by atoms with Gasteiger partial charge in [-0.05, 0) is 50.1 Å². The molecule has 1 aromatic carbocycles. The summed E-state index contributed by atoms with van der Waals surface area (Å²) in [6.07, 6.45) is 2.85. The Balaban J connectivity index is 1.38. The standard InChI is InChI=1S/C26H31FN6O3/c1-3-21(34)33-15-18(5-4-16(33)2)30-25-23(27)20-14-28-26(35)22(20)24(31-25)29-17-6-8-19(9-7-17)32-10-12-36-13-11-32/h3,6-9,16,18H,1,4-5,10-15H2,2H3,(H,28,35)(H2,29,30,31). The first kappa shape index (κ1) is 24.1. The molecule has 10 heteroatoms. The highest BCUT2D eigenvalue weighted by molar-refractivity contribution is 6.03. The summed E-state index contributed by atoms with van der Waals surface area (Å²) in [5.41, 5.74) is 2.34. The number of anilines is 4. The van der Waals surface area contributed by atoms with Crippen LogP contribution < -0.4 is 20.9 Å². The summed E-state index contributed by atoms with van der Waals surface area (Å²) in [5, 5.41) is 9.10. The van der Waals surface area contributed by atoms with Crippen molar-refractivity contribution in [2.24, 2.45) is 0 Å². The third kappa shape index (κ3) is 4.73. The molecule has 4 heterocycles. The lowest BCUT2D eigenvalue weighted by molar-refractivity contribution is -0.129. The van der Waals surface area contributed by atoms with E-state index in [1.165, 1.54) is 6.08 Å². The molecule has 5 rings (SSSR count). The molecular formula is C26H31FN6O3. The van der Waals surface area contributed by atoms with Gasteiger partial charge >= 0.3 is 0 Å². The molecule has 9 nitrogen and oxygen atoms in total. The number of hydrogen-bond acceptors (Lipinski definition) is 7. The maximum Gasteiger partial charge on any atom is 0.255 e. The first-order valence-electron chi connectivity index (χ1n) is 12.3. The normalized spacial score (nSPS) is 21.6. The van der Waals surface area contributed by atoms with Gasteiger partial charge in [-0.15, -0.1) is 0 Å². The molecule has 3 aliphatic rings. The number of carbonyl (C=O) groups excluding carboxylic acids is 2. The predicted molar refractivity (Wildman–Crippen MR) is 136 cm³/mol. The lowest BCUT2D eigenvalue weighted by atomic mass is 9.99. The fraction of sp³-hybridized carbons (Fsp3) is 0.423. The van der Waals surface area contributed by atoms with Crippen molar-refractivity contribution in [3.63, 3.8) is 0 Å². The van der Waals surface area contributed by atoms with E-state index >= 15 is 4.39 Å². The Bertz CT molecular complexity index is 1170. The molecule has 2 saturated heterocycles. The number of rotatable bonds is 6. The largest absolute Gasteiger partial charge is 0.378 e. The number of hydrogen-bond donors (Lipinski definition) is 3. The third-order valence-corrected chi connectivity index (χ3v) is 7.07. The van der Waals surface area contributed by atoms with Crippen LogP contribution in [0.1, 0.15) is 35.7 Å². The summed E-state index contributed by atoms with van der Waals surface area (Å²) < 4.78 is 20.8. The van der Waals surface area contributed by atoms with Crippen LogP contribution in [0, 0.1) is 5.82 Å². The lowest BCUT2D eigenvalue weighted by Gasteiger charge is -2.38. The third-order valence-electron chi connectivity index (χ3n) is 7.07. The van der Waals surface area contributed by atoms with E-state index in [9.17, 15) is 9.59 Å². The van der Waals surface area contributed by atoms with Gasteiger partial charge in [0.1, 0.15) is 5.82 Å². The van der Waals surface area contributed by atoms with Crippen LogP contribution in [-0.2, 0) is 16.1 Å². The molecule has 190 valence electrons. The summed E-state index contributed by atoms with van der Waals surface area (Å²) in [5.74, 6) is -0.676. The average Bonchev–Trinajstić information content (AvgIpc) is 3.30. The molecule has 2 atom stereocenters. The van der Waals surface area contributed by atoms with Gasteiger partial charge in [0.25, 0.3) is 5.91 Å². The zero-order valence-corrected chi connectivity index (χ0v) is 20.3. The SMILES string of the molecule is C=CC(=O)N1CC(Nc2nc(Nc3ccc(N4CCOCC4)cc3)c3c(c2F)CNC3=O)CCC1C. The van der Waals surface area contributed by atoms with E-state index in [4.69, 9.17) is 4.74 Å². The number of benzene rings is 1. The zero-order valence-electron chi connectivity index (χ0n) is 20.3. The number of nitrogens with zero attached hydrogens (tertiary/aromatic N) is 3. The number of halogens is 1. The van der Waals surface area contributed by atoms with E-state index in [0.717, 1.165) is 37.3 Å². The minimum Gasteiger partial charge on any atom is -0.378 e. The van der Waals surface area contributed by atoms with Crippen molar-refractivity contribution in [2.45, 2.75) is 38.4 Å². The molecule has 0 bridgehead atoms. The molecule has 2 unspecified atom stereocenters. The summed E-state index contributed by atoms with van der Waals surface area (Å²) in [7, 11) is 0. The van der Waals surface area contributed by atoms with Crippen molar-refractivity contribution >= 4 is 34.8 Å². The van der Waals surface area contributed by atoms with Crippen LogP contribution in [0.25, 0.3) is 0 Å². The van der Waals surface area contributed by atoms with Crippen LogP contribution in [0.3, 0.4) is 0 Å². The molecule has 36 heavy (non-hydrogen) atoms. The Morgan fingerprint density at radius 2 is 1.97 bits per heavy atom. The molecule has 1 aromatic heterocycles. The lowest BCUT2D eigenvalue weighted by Crippen LogP contribution is -2.49. The molecule has 2 amide bonds. The summed E-state index contributed by atoms with van der Waals surface area (Å²) in [6.45, 7) is 9.19. The topological polar surface area (TPSA) is 98.8 Å². The van der Waals surface area contributed by atoms with Gasteiger partial charge in [0.05, 0.1) is 18.8 Å². The zero-order chi connectivity index (χ0) is 25.2. The highest BCUT2D eigenvalue weighted by atomic mass is 19.1. The van der Waals surface area contributed by atoms with Gasteiger partial charge in [-0.2, -0.15) is 0 Å². The first-order valence-corrected chi connectivity index (χ1v) is 12.3. The summed E-state index contributed by atoms with van der Waals surface area (Å²) in [4.78, 5) is 33.3. The maximum atomic E-state index is 15.4. The van der Waals surface area contributed by atoms with E-state index < -0.39 is 5.82 Å². The summed E-state index contributed by atoms with van der Waals surface area (Å²) >= 11 is 0. The van der Waals surface area contributed by atoms with E-state index in [1.807, 2.05) is 31.2 Å². The van der Waals surface area contributed by atoms with Crippen molar-refractivity contribution in [1.82, 2.24) is 15.2 Å². The van der Waals surface area contributed by atoms with Gasteiger partial charge in [-0.3, -0.25) is 9.59 Å². The Morgan fingerprint density at radius 1 is 1.22 bits per heavy atom. The van der Waals surface area contributed by atoms with Gasteiger partial charge in [-0.25, -0.2) is 9.37 Å². The minimum atomic E-state index is -0.545. The molecule has 2 aromatic rings. The molecule has 3 N–H and O–H groups in total. The van der Waals surface area contributed by atoms with Crippen LogP contribution in [0.4, 0.5) is 27.4 Å². The minimum absolute atomic E-state index is 0.0724. The van der Waals surface area contributed by atoms with Crippen molar-refractivity contribution in [3.05, 3.63) is 53.9 Å². The van der Waals surface area contributed by atoms with Crippen LogP contribution >= 0.6 is 0 Å². The summed E-state index contributed by atoms with van der Waals surface area (Å²) in [6, 6.07) is 7.77. The Kier molecular flexibility index (Phi) is 6.77. The number of nitrogens with one attached hydrogen (secondary N) is 3. The molecule has 0 spiro atoms. The van der Waals surface area contributed by atoms with Crippen LogP contribution in [-0.4, -0.2) is 66.6 Å². The number of carbonyl (C=O) groups is 2. The number of piperidine rings is 1. The number of pyridine rings is 1. The average molecular weight is 495 g/mol. The van der Waals surface area contributed by atoms with Gasteiger partial charge in [0.15, 0.2) is 11.6 Å². The van der Waals surface area contributed by atoms with Crippen molar-refractivity contribution in [1.29, 1.82) is 0 Å². The fourth-order valence-electron chi connectivity index (χ4n) is 5.02. The molecule has 2 fully saturated rings. The number of fused-ring (bicyclic) bond motifs is 1. The Labute approximate surface area is 209 Å². The second kappa shape index (κ2) is 10.1. The first-order chi connectivity index (χ1) is 17.4. The van der Waals surface area contributed by atoms with Crippen LogP contribution in [0.15, 0.2) is 36.9 Å². The number of amides is 2. The molecular weight excluding hydrogens is 463 g/mol. The molecule has 0 saturated carbocycles. The smallest absolute Gasteiger partial charge is 0.255 e.